The first kappa shape index (κ1) is 32.5. The van der Waals surface area contributed by atoms with Gasteiger partial charge in [0.05, 0.1) is 5.56 Å². The summed E-state index contributed by atoms with van der Waals surface area (Å²) in [6.07, 6.45) is 11.3. The van der Waals surface area contributed by atoms with Crippen molar-refractivity contribution in [2.24, 2.45) is 11.8 Å². The number of fused-ring (bicyclic) bond motifs is 1. The van der Waals surface area contributed by atoms with Crippen LogP contribution in [0, 0.1) is 11.8 Å². The van der Waals surface area contributed by atoms with Crippen molar-refractivity contribution in [2.45, 2.75) is 71.3 Å². The second kappa shape index (κ2) is 12.5. The molecule has 2 heterocycles. The van der Waals surface area contributed by atoms with Crippen molar-refractivity contribution in [1.82, 2.24) is 15.6 Å². The lowest BCUT2D eigenvalue weighted by molar-refractivity contribution is -0.138. The smallest absolute Gasteiger partial charge is 0.268 e. The van der Waals surface area contributed by atoms with Crippen LogP contribution in [0.1, 0.15) is 80.2 Å². The average molecular weight is 622 g/mol. The number of aromatic hydroxyl groups is 2. The molecule has 0 saturated carbocycles. The Hall–Kier alpha value is -4.85. The van der Waals surface area contributed by atoms with Gasteiger partial charge in [-0.25, -0.2) is 0 Å². The van der Waals surface area contributed by atoms with Crippen LogP contribution in [0.5, 0.6) is 11.5 Å². The molecular formula is C38H43N3O5. The van der Waals surface area contributed by atoms with Crippen LogP contribution in [0.4, 0.5) is 0 Å². The van der Waals surface area contributed by atoms with Crippen LogP contribution in [-0.4, -0.2) is 38.8 Å². The number of phenols is 2. The molecule has 3 atom stereocenters. The fraction of sp³-hybridized carbons (Fsp3) is 0.342. The number of allylic oxidation sites excluding steroid dienone is 4. The van der Waals surface area contributed by atoms with Gasteiger partial charge in [0.25, 0.3) is 11.8 Å². The minimum atomic E-state index is -1.23. The summed E-state index contributed by atoms with van der Waals surface area (Å²) in [6, 6.07) is 9.31. The van der Waals surface area contributed by atoms with E-state index >= 15 is 0 Å². The molecule has 240 valence electrons. The van der Waals surface area contributed by atoms with Crippen LogP contribution in [0.15, 0.2) is 72.5 Å². The van der Waals surface area contributed by atoms with Gasteiger partial charge in [-0.1, -0.05) is 68.8 Å². The molecule has 1 aromatic heterocycles. The normalized spacial score (nSPS) is 22.2. The highest BCUT2D eigenvalue weighted by atomic mass is 16.3. The maximum Gasteiger partial charge on any atom is 0.268 e. The van der Waals surface area contributed by atoms with E-state index in [-0.39, 0.29) is 41.0 Å². The number of carbonyl (C=O) groups is 3. The molecule has 46 heavy (non-hydrogen) atoms. The van der Waals surface area contributed by atoms with E-state index in [1.54, 1.807) is 6.08 Å². The van der Waals surface area contributed by atoms with E-state index in [0.717, 1.165) is 27.7 Å². The molecule has 1 saturated heterocycles. The zero-order valence-corrected chi connectivity index (χ0v) is 27.2. The maximum atomic E-state index is 14.1. The summed E-state index contributed by atoms with van der Waals surface area (Å²) in [5, 5.41) is 28.7. The lowest BCUT2D eigenvalue weighted by Gasteiger charge is -2.45. The van der Waals surface area contributed by atoms with Crippen LogP contribution in [0.2, 0.25) is 0 Å². The molecule has 0 unspecified atom stereocenters. The van der Waals surface area contributed by atoms with Crippen molar-refractivity contribution in [2.75, 3.05) is 0 Å². The van der Waals surface area contributed by atoms with Crippen molar-refractivity contribution in [1.29, 1.82) is 0 Å². The number of aldehydes is 1. The summed E-state index contributed by atoms with van der Waals surface area (Å²) in [7, 11) is 0. The molecule has 0 bridgehead atoms. The maximum absolute atomic E-state index is 14.1. The van der Waals surface area contributed by atoms with Crippen LogP contribution < -0.4 is 10.6 Å². The minimum absolute atomic E-state index is 0.0267. The summed E-state index contributed by atoms with van der Waals surface area (Å²) in [5.74, 6) is -1.35. The highest BCUT2D eigenvalue weighted by molar-refractivity contribution is 6.10. The lowest BCUT2D eigenvalue weighted by Crippen LogP contribution is -2.68. The van der Waals surface area contributed by atoms with Crippen LogP contribution >= 0.6 is 0 Å². The Morgan fingerprint density at radius 3 is 2.57 bits per heavy atom. The Bertz CT molecular complexity index is 1820. The van der Waals surface area contributed by atoms with Crippen LogP contribution in [0.3, 0.4) is 0 Å². The molecule has 8 heteroatoms. The monoisotopic (exact) mass is 621 g/mol. The number of H-pyrrole nitrogens is 1. The number of rotatable bonds is 9. The summed E-state index contributed by atoms with van der Waals surface area (Å²) < 4.78 is 0. The van der Waals surface area contributed by atoms with Gasteiger partial charge in [-0.3, -0.25) is 14.4 Å². The Balaban J connectivity index is 1.46. The largest absolute Gasteiger partial charge is 0.508 e. The highest BCUT2D eigenvalue weighted by Gasteiger charge is 2.51. The van der Waals surface area contributed by atoms with Crippen molar-refractivity contribution in [3.63, 3.8) is 0 Å². The van der Waals surface area contributed by atoms with E-state index in [4.69, 9.17) is 0 Å². The number of hydrogen-bond acceptors (Lipinski definition) is 5. The zero-order chi connectivity index (χ0) is 33.4. The molecule has 3 aromatic rings. The van der Waals surface area contributed by atoms with Gasteiger partial charge in [0.2, 0.25) is 0 Å². The van der Waals surface area contributed by atoms with Gasteiger partial charge >= 0.3 is 0 Å². The number of piperazine rings is 1. The Labute approximate surface area is 270 Å². The molecule has 1 spiro atoms. The molecule has 1 aliphatic heterocycles. The van der Waals surface area contributed by atoms with Crippen molar-refractivity contribution >= 4 is 35.1 Å². The van der Waals surface area contributed by atoms with Crippen molar-refractivity contribution in [3.05, 3.63) is 100 Å². The predicted molar refractivity (Wildman–Crippen MR) is 182 cm³/mol. The van der Waals surface area contributed by atoms with Gasteiger partial charge in [-0.2, -0.15) is 0 Å². The molecule has 0 radical (unpaired) electrons. The van der Waals surface area contributed by atoms with E-state index < -0.39 is 22.8 Å². The lowest BCUT2D eigenvalue weighted by atomic mass is 9.69. The average Bonchev–Trinajstić information content (AvgIpc) is 3.39. The van der Waals surface area contributed by atoms with Gasteiger partial charge in [-0.05, 0) is 63.7 Å². The third-order valence-corrected chi connectivity index (χ3v) is 9.43. The third kappa shape index (κ3) is 5.91. The molecule has 5 rings (SSSR count). The Morgan fingerprint density at radius 2 is 1.87 bits per heavy atom. The Kier molecular flexibility index (Phi) is 8.85. The van der Waals surface area contributed by atoms with E-state index in [0.29, 0.717) is 36.7 Å². The number of carbonyl (C=O) groups excluding carboxylic acids is 3. The van der Waals surface area contributed by atoms with Crippen molar-refractivity contribution in [3.8, 4) is 11.5 Å². The van der Waals surface area contributed by atoms with Crippen molar-refractivity contribution < 1.29 is 24.6 Å². The number of amides is 2. The first-order chi connectivity index (χ1) is 21.8. The molecule has 2 amide bonds. The summed E-state index contributed by atoms with van der Waals surface area (Å²) in [4.78, 5) is 43.4. The number of aromatic amines is 1. The van der Waals surface area contributed by atoms with Gasteiger partial charge in [0, 0.05) is 44.6 Å². The molecule has 2 aliphatic rings. The summed E-state index contributed by atoms with van der Waals surface area (Å²) in [6.45, 7) is 13.9. The van der Waals surface area contributed by atoms with Crippen LogP contribution in [-0.2, 0) is 27.8 Å². The zero-order valence-electron chi connectivity index (χ0n) is 27.2. The fourth-order valence-corrected chi connectivity index (χ4v) is 6.68. The second-order valence-corrected chi connectivity index (χ2v) is 13.4. The second-order valence-electron chi connectivity index (χ2n) is 13.4. The van der Waals surface area contributed by atoms with E-state index in [1.807, 2.05) is 83.2 Å². The number of phenolic OH excluding ortho intramolecular Hbond substituents is 2. The number of benzene rings is 2. The van der Waals surface area contributed by atoms with Gasteiger partial charge in [0.1, 0.15) is 22.7 Å². The molecule has 1 fully saturated rings. The fourth-order valence-electron chi connectivity index (χ4n) is 6.68. The minimum Gasteiger partial charge on any atom is -0.508 e. The quantitative estimate of drug-likeness (QED) is 0.0802. The summed E-state index contributed by atoms with van der Waals surface area (Å²) >= 11 is 0. The van der Waals surface area contributed by atoms with E-state index in [2.05, 4.69) is 22.2 Å². The SMILES string of the molecule is C=CC(C)(C)c1[nH]c2ccccc2c1/C=C1\NC(=O)[C@@]2(C[C@H](C)C=C[C@@H]2CCc2c(O)cc(CC=C(C)C)c(O)c2C=O)NC1=O. The standard InChI is InChI=1S/C38H43N3O5/c1-7-37(5,6)34-28(26-10-8-9-11-30(26)39-34)19-31-35(45)41-38(36(46)40-31)20-23(4)13-15-25(38)16-17-27-29(21-42)33(44)24(18-32(27)43)14-12-22(2)3/h7-13,15,18-19,21,23,25,39,43-44H,1,14,16-17,20H2,2-6H3,(H,40,46)(H,41,45)/b31-19-/t23-,25-,38+/m1/s1. The number of nitrogens with one attached hydrogen (secondary N) is 3. The Morgan fingerprint density at radius 1 is 1.13 bits per heavy atom. The van der Waals surface area contributed by atoms with E-state index in [1.165, 1.54) is 6.07 Å². The number of aromatic nitrogens is 1. The molecule has 2 aromatic carbocycles. The third-order valence-electron chi connectivity index (χ3n) is 9.43. The number of hydrogen-bond donors (Lipinski definition) is 5. The van der Waals surface area contributed by atoms with E-state index in [9.17, 15) is 24.6 Å². The molecule has 5 N–H and O–H groups in total. The number of para-hydroxylation sites is 1. The van der Waals surface area contributed by atoms with Gasteiger partial charge < -0.3 is 25.8 Å². The predicted octanol–water partition coefficient (Wildman–Crippen LogP) is 6.53. The van der Waals surface area contributed by atoms with Gasteiger partial charge in [-0.15, -0.1) is 6.58 Å². The molecule has 8 nitrogen and oxygen atoms in total. The first-order valence-corrected chi connectivity index (χ1v) is 15.7. The van der Waals surface area contributed by atoms with Crippen LogP contribution in [0.25, 0.3) is 17.0 Å². The molecular weight excluding hydrogens is 578 g/mol. The topological polar surface area (TPSA) is 132 Å². The molecule has 1 aliphatic carbocycles. The first-order valence-electron chi connectivity index (χ1n) is 15.7. The van der Waals surface area contributed by atoms with Gasteiger partial charge in [0.15, 0.2) is 6.29 Å². The summed E-state index contributed by atoms with van der Waals surface area (Å²) in [5.41, 5.74) is 2.96. The highest BCUT2D eigenvalue weighted by Crippen LogP contribution is 2.41.